The van der Waals surface area contributed by atoms with Gasteiger partial charge in [0.05, 0.1) is 12.8 Å². The predicted octanol–water partition coefficient (Wildman–Crippen LogP) is 5.38. The van der Waals surface area contributed by atoms with Crippen molar-refractivity contribution in [2.75, 3.05) is 7.11 Å². The summed E-state index contributed by atoms with van der Waals surface area (Å²) >= 11 is 0. The lowest BCUT2D eigenvalue weighted by Crippen LogP contribution is -2.24. The quantitative estimate of drug-likeness (QED) is 0.375. The number of H-pyrrole nitrogens is 1. The van der Waals surface area contributed by atoms with E-state index in [1.54, 1.807) is 18.2 Å². The van der Waals surface area contributed by atoms with E-state index >= 15 is 0 Å². The van der Waals surface area contributed by atoms with E-state index in [2.05, 4.69) is 10.3 Å². The minimum absolute atomic E-state index is 0.0773. The van der Waals surface area contributed by atoms with Gasteiger partial charge in [0.25, 0.3) is 5.91 Å². The second-order valence-electron chi connectivity index (χ2n) is 7.31. The van der Waals surface area contributed by atoms with Crippen molar-refractivity contribution in [1.82, 2.24) is 10.3 Å². The largest absolute Gasteiger partial charge is 0.494 e. The lowest BCUT2D eigenvalue weighted by molar-refractivity contribution is 0.0947. The molecular weight excluding hydrogens is 426 g/mol. The van der Waals surface area contributed by atoms with Crippen LogP contribution in [0, 0.1) is 11.6 Å². The first-order valence-corrected chi connectivity index (χ1v) is 10.1. The minimum Gasteiger partial charge on any atom is -0.494 e. The molecule has 3 aromatic carbocycles. The van der Waals surface area contributed by atoms with E-state index in [4.69, 9.17) is 4.74 Å². The van der Waals surface area contributed by atoms with Crippen molar-refractivity contribution in [1.29, 1.82) is 0 Å². The number of halogens is 2. The highest BCUT2D eigenvalue weighted by atomic mass is 19.1. The maximum absolute atomic E-state index is 13.7. The average molecular weight is 446 g/mol. The Hall–Kier alpha value is -4.26. The van der Waals surface area contributed by atoms with Crippen LogP contribution in [0.2, 0.25) is 0 Å². The molecule has 0 unspecified atom stereocenters. The van der Waals surface area contributed by atoms with Crippen LogP contribution in [0.5, 0.6) is 5.75 Å². The first-order valence-electron chi connectivity index (χ1n) is 10.1. The Morgan fingerprint density at radius 1 is 0.970 bits per heavy atom. The van der Waals surface area contributed by atoms with Gasteiger partial charge in [-0.15, -0.1) is 0 Å². The zero-order valence-corrected chi connectivity index (χ0v) is 17.7. The average Bonchev–Trinajstić information content (AvgIpc) is 3.24. The third kappa shape index (κ3) is 4.52. The van der Waals surface area contributed by atoms with Crippen molar-refractivity contribution in [3.05, 3.63) is 101 Å². The van der Waals surface area contributed by atoms with Crippen LogP contribution in [-0.4, -0.2) is 24.3 Å². The Kier molecular flexibility index (Phi) is 6.31. The summed E-state index contributed by atoms with van der Waals surface area (Å²) in [6.45, 7) is 0.116. The minimum atomic E-state index is -0.497. The normalized spacial score (nSPS) is 10.6. The number of ether oxygens (including phenoxy) is 1. The number of carbonyl (C=O) groups is 2. The summed E-state index contributed by atoms with van der Waals surface area (Å²) < 4.78 is 32.2. The summed E-state index contributed by atoms with van der Waals surface area (Å²) in [5.41, 5.74) is 3.38. The van der Waals surface area contributed by atoms with Gasteiger partial charge in [-0.25, -0.2) is 8.78 Å². The molecule has 33 heavy (non-hydrogen) atoms. The number of nitrogens with one attached hydrogen (secondary N) is 2. The number of carbonyl (C=O) groups excluding carboxylic acids is 2. The Balaban J connectivity index is 1.75. The molecule has 4 rings (SSSR count). The lowest BCUT2D eigenvalue weighted by Gasteiger charge is -2.10. The molecule has 1 amide bonds. The van der Waals surface area contributed by atoms with Crippen LogP contribution >= 0.6 is 0 Å². The fourth-order valence-electron chi connectivity index (χ4n) is 3.67. The summed E-state index contributed by atoms with van der Waals surface area (Å²) in [5, 5.41) is 2.80. The molecule has 0 saturated carbocycles. The smallest absolute Gasteiger partial charge is 0.268 e. The molecule has 0 atom stereocenters. The van der Waals surface area contributed by atoms with Gasteiger partial charge >= 0.3 is 0 Å². The highest BCUT2D eigenvalue weighted by molar-refractivity contribution is 6.07. The molecule has 1 heterocycles. The molecule has 0 saturated heterocycles. The summed E-state index contributed by atoms with van der Waals surface area (Å²) in [4.78, 5) is 28.0. The van der Waals surface area contributed by atoms with Crippen LogP contribution in [0.25, 0.3) is 22.3 Å². The maximum atomic E-state index is 13.7. The van der Waals surface area contributed by atoms with Crippen molar-refractivity contribution < 1.29 is 23.1 Å². The predicted molar refractivity (Wildman–Crippen MR) is 121 cm³/mol. The third-order valence-corrected chi connectivity index (χ3v) is 5.24. The van der Waals surface area contributed by atoms with Crippen molar-refractivity contribution >= 4 is 12.2 Å². The van der Waals surface area contributed by atoms with Crippen LogP contribution in [0.15, 0.2) is 72.8 Å². The molecule has 4 aromatic rings. The van der Waals surface area contributed by atoms with Gasteiger partial charge in [-0.3, -0.25) is 9.59 Å². The zero-order valence-electron chi connectivity index (χ0n) is 17.7. The van der Waals surface area contributed by atoms with Gasteiger partial charge in [-0.1, -0.05) is 48.5 Å². The highest BCUT2D eigenvalue weighted by Crippen LogP contribution is 2.37. The second kappa shape index (κ2) is 9.48. The van der Waals surface area contributed by atoms with E-state index in [1.807, 2.05) is 30.3 Å². The maximum Gasteiger partial charge on any atom is 0.268 e. The van der Waals surface area contributed by atoms with Gasteiger partial charge in [0.15, 0.2) is 17.9 Å². The molecule has 0 bridgehead atoms. The number of aromatic nitrogens is 1. The molecule has 0 aliphatic carbocycles. The van der Waals surface area contributed by atoms with E-state index in [0.717, 1.165) is 5.56 Å². The molecule has 2 N–H and O–H groups in total. The first-order chi connectivity index (χ1) is 16.0. The van der Waals surface area contributed by atoms with Gasteiger partial charge in [0.2, 0.25) is 0 Å². The number of amides is 1. The summed E-state index contributed by atoms with van der Waals surface area (Å²) in [7, 11) is 1.36. The number of aromatic amines is 1. The van der Waals surface area contributed by atoms with E-state index < -0.39 is 17.5 Å². The number of benzene rings is 3. The second-order valence-corrected chi connectivity index (χ2v) is 7.31. The summed E-state index contributed by atoms with van der Waals surface area (Å²) in [6.07, 6.45) is 0.632. The molecule has 7 heteroatoms. The van der Waals surface area contributed by atoms with Gasteiger partial charge in [-0.2, -0.15) is 0 Å². The standard InChI is InChI=1S/C26H20F2N2O3/c1-33-22-13-16(7-12-20(22)28)14-29-26(32)25-24(17-5-3-2-4-6-17)23(21(15-31)30-25)18-8-10-19(27)11-9-18/h2-13,15,30H,14H2,1H3,(H,29,32). The molecule has 0 radical (unpaired) electrons. The highest BCUT2D eigenvalue weighted by Gasteiger charge is 2.24. The van der Waals surface area contributed by atoms with E-state index in [9.17, 15) is 18.4 Å². The van der Waals surface area contributed by atoms with E-state index in [1.165, 1.54) is 31.4 Å². The molecular formula is C26H20F2N2O3. The fraction of sp³-hybridized carbons (Fsp3) is 0.0769. The van der Waals surface area contributed by atoms with Gasteiger partial charge in [0, 0.05) is 17.7 Å². The molecule has 5 nitrogen and oxygen atoms in total. The summed E-state index contributed by atoms with van der Waals surface area (Å²) in [6, 6.07) is 19.2. The van der Waals surface area contributed by atoms with Crippen LogP contribution in [0.3, 0.4) is 0 Å². The van der Waals surface area contributed by atoms with Crippen molar-refractivity contribution in [2.45, 2.75) is 6.54 Å². The Labute approximate surface area is 189 Å². The number of hydrogen-bond donors (Lipinski definition) is 2. The number of hydrogen-bond acceptors (Lipinski definition) is 3. The SMILES string of the molecule is COc1cc(CNC(=O)c2[nH]c(C=O)c(-c3ccc(F)cc3)c2-c2ccccc2)ccc1F. The zero-order chi connectivity index (χ0) is 23.4. The van der Waals surface area contributed by atoms with Crippen LogP contribution in [0.4, 0.5) is 8.78 Å². The topological polar surface area (TPSA) is 71.2 Å². The Morgan fingerprint density at radius 3 is 2.33 bits per heavy atom. The molecule has 166 valence electrons. The summed E-state index contributed by atoms with van der Waals surface area (Å²) in [5.74, 6) is -1.28. The van der Waals surface area contributed by atoms with Crippen molar-refractivity contribution in [3.8, 4) is 28.0 Å². The molecule has 1 aromatic heterocycles. The van der Waals surface area contributed by atoms with Crippen LogP contribution in [-0.2, 0) is 6.54 Å². The monoisotopic (exact) mass is 446 g/mol. The number of aldehydes is 1. The number of methoxy groups -OCH3 is 1. The van der Waals surface area contributed by atoms with Gasteiger partial charge < -0.3 is 15.0 Å². The van der Waals surface area contributed by atoms with Crippen molar-refractivity contribution in [2.24, 2.45) is 0 Å². The fourth-order valence-corrected chi connectivity index (χ4v) is 3.67. The van der Waals surface area contributed by atoms with Crippen molar-refractivity contribution in [3.63, 3.8) is 0 Å². The first kappa shape index (κ1) is 22.0. The third-order valence-electron chi connectivity index (χ3n) is 5.24. The lowest BCUT2D eigenvalue weighted by atomic mass is 9.94. The Bertz CT molecular complexity index is 1300. The van der Waals surface area contributed by atoms with E-state index in [0.29, 0.717) is 28.5 Å². The van der Waals surface area contributed by atoms with E-state index in [-0.39, 0.29) is 23.7 Å². The van der Waals surface area contributed by atoms with Gasteiger partial charge in [0.1, 0.15) is 11.5 Å². The Morgan fingerprint density at radius 2 is 1.67 bits per heavy atom. The van der Waals surface area contributed by atoms with Gasteiger partial charge in [-0.05, 0) is 41.0 Å². The number of rotatable bonds is 7. The molecule has 0 fully saturated rings. The van der Waals surface area contributed by atoms with Crippen LogP contribution < -0.4 is 10.1 Å². The molecule has 0 aliphatic heterocycles. The molecule has 0 spiro atoms. The molecule has 0 aliphatic rings. The van der Waals surface area contributed by atoms with Crippen LogP contribution in [0.1, 0.15) is 26.5 Å².